The fourth-order valence-electron chi connectivity index (χ4n) is 7.44. The van der Waals surface area contributed by atoms with Crippen LogP contribution in [0, 0.1) is 34.9 Å². The van der Waals surface area contributed by atoms with E-state index in [1.807, 2.05) is 6.08 Å². The lowest BCUT2D eigenvalue weighted by molar-refractivity contribution is -0.138. The number of fused-ring (bicyclic) bond motifs is 4. The van der Waals surface area contributed by atoms with Crippen LogP contribution in [0.4, 0.5) is 14.9 Å². The maximum atomic E-state index is 14.4. The Morgan fingerprint density at radius 3 is 2.45 bits per heavy atom. The largest absolute Gasteiger partial charge is 0.508 e. The molecule has 2 aliphatic carbocycles. The van der Waals surface area contributed by atoms with Gasteiger partial charge in [-0.1, -0.05) is 29.3 Å². The molecule has 1 saturated carbocycles. The number of halogens is 2. The maximum Gasteiger partial charge on any atom is 0.423 e. The number of benzene rings is 2. The maximum absolute atomic E-state index is 14.4. The standard InChI is InChI=1S/C30H26ClFN2O8/c1-30-19(26(37)33(28(30)39)13-4-9-21(32)20(31)10-13)12-18-15(24(30)16-6-5-14(35)11-22(16)41-2)7-8-17-23(18)27(38)34(25(17)36)29(40)42-3/h4-7,9-11,17-19,23-24,35H,8,12H2,1-3H3/t17-,18+,19-,23-,24+,30+/m0/s1. The van der Waals surface area contributed by atoms with E-state index >= 15 is 0 Å². The molecule has 0 aromatic heterocycles. The summed E-state index contributed by atoms with van der Waals surface area (Å²) >= 11 is 6.01. The van der Waals surface area contributed by atoms with E-state index in [0.717, 1.165) is 18.1 Å². The highest BCUT2D eigenvalue weighted by atomic mass is 35.5. The number of allylic oxidation sites excluding steroid dienone is 2. The number of likely N-dealkylation sites (tertiary alicyclic amines) is 1. The molecule has 6 rings (SSSR count). The van der Waals surface area contributed by atoms with Crippen molar-refractivity contribution in [3.8, 4) is 11.5 Å². The van der Waals surface area contributed by atoms with Crippen LogP contribution < -0.4 is 9.64 Å². The Hall–Kier alpha value is -4.25. The van der Waals surface area contributed by atoms with Crippen molar-refractivity contribution in [2.24, 2.45) is 29.1 Å². The first kappa shape index (κ1) is 27.9. The number of amides is 5. The lowest BCUT2D eigenvalue weighted by Crippen LogP contribution is -2.49. The van der Waals surface area contributed by atoms with E-state index in [9.17, 15) is 33.5 Å². The number of methoxy groups -OCH3 is 2. The van der Waals surface area contributed by atoms with Crippen LogP contribution in [0.25, 0.3) is 0 Å². The second-order valence-electron chi connectivity index (χ2n) is 11.2. The summed E-state index contributed by atoms with van der Waals surface area (Å²) in [5.41, 5.74) is -0.140. The summed E-state index contributed by atoms with van der Waals surface area (Å²) in [6, 6.07) is 8.01. The Bertz CT molecular complexity index is 1620. The number of hydrogen-bond acceptors (Lipinski definition) is 8. The smallest absolute Gasteiger partial charge is 0.423 e. The number of anilines is 1. The molecular formula is C30H26ClFN2O8. The normalized spacial score (nSPS) is 30.1. The topological polar surface area (TPSA) is 131 Å². The highest BCUT2D eigenvalue weighted by molar-refractivity contribution is 6.31. The number of carbonyl (C=O) groups excluding carboxylic acids is 5. The van der Waals surface area contributed by atoms with Crippen LogP contribution >= 0.6 is 11.6 Å². The fraction of sp³-hybridized carbons (Fsp3) is 0.367. The van der Waals surface area contributed by atoms with Gasteiger partial charge in [0.15, 0.2) is 0 Å². The third kappa shape index (κ3) is 3.65. The molecule has 2 saturated heterocycles. The van der Waals surface area contributed by atoms with Crippen LogP contribution in [0.1, 0.15) is 31.2 Å². The first-order valence-corrected chi connectivity index (χ1v) is 13.7. The van der Waals surface area contributed by atoms with E-state index in [-0.39, 0.29) is 35.1 Å². The number of rotatable bonds is 3. The summed E-state index contributed by atoms with van der Waals surface area (Å²) in [7, 11) is 2.48. The molecule has 1 N–H and O–H groups in total. The highest BCUT2D eigenvalue weighted by Gasteiger charge is 2.68. The molecule has 4 aliphatic rings. The Kier molecular flexibility index (Phi) is 6.41. The number of carbonyl (C=O) groups is 5. The molecule has 5 amide bonds. The van der Waals surface area contributed by atoms with Crippen molar-refractivity contribution < 1.29 is 42.9 Å². The molecule has 10 nitrogen and oxygen atoms in total. The Balaban J connectivity index is 1.54. The summed E-state index contributed by atoms with van der Waals surface area (Å²) in [5.74, 6) is -7.27. The average molecular weight is 597 g/mol. The third-order valence-electron chi connectivity index (χ3n) is 9.32. The quantitative estimate of drug-likeness (QED) is 0.412. The predicted octanol–water partition coefficient (Wildman–Crippen LogP) is 4.19. The van der Waals surface area contributed by atoms with Gasteiger partial charge in [-0.2, -0.15) is 4.90 Å². The van der Waals surface area contributed by atoms with Gasteiger partial charge in [-0.3, -0.25) is 19.2 Å². The molecule has 42 heavy (non-hydrogen) atoms. The number of hydrogen-bond donors (Lipinski definition) is 1. The van der Waals surface area contributed by atoms with Crippen molar-refractivity contribution in [3.05, 3.63) is 64.5 Å². The monoisotopic (exact) mass is 596 g/mol. The van der Waals surface area contributed by atoms with Gasteiger partial charge in [0.25, 0.3) is 0 Å². The molecule has 2 aliphatic heterocycles. The summed E-state index contributed by atoms with van der Waals surface area (Å²) in [5, 5.41) is 9.92. The van der Waals surface area contributed by atoms with Crippen molar-refractivity contribution in [1.29, 1.82) is 0 Å². The molecule has 0 unspecified atom stereocenters. The molecule has 3 fully saturated rings. The number of aromatic hydroxyl groups is 1. The second kappa shape index (κ2) is 9.65. The van der Waals surface area contributed by atoms with Crippen LogP contribution in [0.5, 0.6) is 11.5 Å². The molecule has 12 heteroatoms. The van der Waals surface area contributed by atoms with Gasteiger partial charge in [-0.25, -0.2) is 14.1 Å². The molecule has 6 atom stereocenters. The molecule has 0 spiro atoms. The van der Waals surface area contributed by atoms with Gasteiger partial charge in [0.1, 0.15) is 17.3 Å². The first-order chi connectivity index (χ1) is 19.9. The van der Waals surface area contributed by atoms with Crippen molar-refractivity contribution >= 4 is 47.0 Å². The van der Waals surface area contributed by atoms with E-state index in [4.69, 9.17) is 21.1 Å². The van der Waals surface area contributed by atoms with Crippen molar-refractivity contribution in [1.82, 2.24) is 4.90 Å². The number of ether oxygens (including phenoxy) is 2. The number of phenols is 1. The minimum Gasteiger partial charge on any atom is -0.508 e. The Morgan fingerprint density at radius 2 is 1.79 bits per heavy atom. The molecule has 0 radical (unpaired) electrons. The zero-order chi connectivity index (χ0) is 30.2. The van der Waals surface area contributed by atoms with Crippen LogP contribution in [-0.4, -0.2) is 53.9 Å². The highest BCUT2D eigenvalue weighted by Crippen LogP contribution is 2.64. The lowest BCUT2D eigenvalue weighted by Gasteiger charge is -2.49. The zero-order valence-corrected chi connectivity index (χ0v) is 23.6. The van der Waals surface area contributed by atoms with E-state index in [1.54, 1.807) is 13.0 Å². The van der Waals surface area contributed by atoms with Crippen molar-refractivity contribution in [3.63, 3.8) is 0 Å². The Labute approximate surface area is 244 Å². The number of imide groups is 4. The van der Waals surface area contributed by atoms with Crippen LogP contribution in [0.2, 0.25) is 5.02 Å². The number of nitrogens with zero attached hydrogens (tertiary/aromatic N) is 2. The minimum absolute atomic E-state index is 0.0461. The SMILES string of the molecule is COC(=O)N1C(=O)[C@H]2[C@H](CC=C3[C@H]2C[C@H]2C(=O)N(c4ccc(F)c(Cl)c4)C(=O)[C@@]2(C)[C@H]3c2ccc(O)cc2OC)C1=O. The van der Waals surface area contributed by atoms with E-state index in [0.29, 0.717) is 16.0 Å². The van der Waals surface area contributed by atoms with Gasteiger partial charge in [0, 0.05) is 17.5 Å². The molecule has 0 bridgehead atoms. The zero-order valence-electron chi connectivity index (χ0n) is 22.8. The number of phenolic OH excluding ortho intramolecular Hbond substituents is 1. The van der Waals surface area contributed by atoms with Gasteiger partial charge < -0.3 is 14.6 Å². The predicted molar refractivity (Wildman–Crippen MR) is 145 cm³/mol. The Morgan fingerprint density at radius 1 is 1.05 bits per heavy atom. The van der Waals surface area contributed by atoms with E-state index in [2.05, 4.69) is 0 Å². The fourth-order valence-corrected chi connectivity index (χ4v) is 7.61. The van der Waals surface area contributed by atoms with Crippen molar-refractivity contribution in [2.45, 2.75) is 25.7 Å². The van der Waals surface area contributed by atoms with Crippen LogP contribution in [0.3, 0.4) is 0 Å². The summed E-state index contributed by atoms with van der Waals surface area (Å²) < 4.78 is 24.3. The van der Waals surface area contributed by atoms with Crippen LogP contribution in [-0.2, 0) is 23.9 Å². The molecule has 2 heterocycles. The average Bonchev–Trinajstić information content (AvgIpc) is 3.34. The third-order valence-corrected chi connectivity index (χ3v) is 9.61. The van der Waals surface area contributed by atoms with Crippen LogP contribution in [0.15, 0.2) is 48.0 Å². The molecular weight excluding hydrogens is 571 g/mol. The summed E-state index contributed by atoms with van der Waals surface area (Å²) in [6.07, 6.45) is 0.909. The first-order valence-electron chi connectivity index (χ1n) is 13.3. The van der Waals surface area contributed by atoms with Gasteiger partial charge in [0.05, 0.1) is 48.1 Å². The molecule has 2 aromatic rings. The van der Waals surface area contributed by atoms with E-state index in [1.165, 1.54) is 31.4 Å². The summed E-state index contributed by atoms with van der Waals surface area (Å²) in [6.45, 7) is 1.67. The van der Waals surface area contributed by atoms with E-state index < -0.39 is 70.5 Å². The van der Waals surface area contributed by atoms with Gasteiger partial charge in [0.2, 0.25) is 23.6 Å². The lowest BCUT2D eigenvalue weighted by atomic mass is 9.51. The van der Waals surface area contributed by atoms with Gasteiger partial charge in [-0.15, -0.1) is 0 Å². The van der Waals surface area contributed by atoms with Crippen molar-refractivity contribution in [2.75, 3.05) is 19.1 Å². The van der Waals surface area contributed by atoms with Gasteiger partial charge in [-0.05, 0) is 49.9 Å². The second-order valence-corrected chi connectivity index (χ2v) is 11.6. The summed E-state index contributed by atoms with van der Waals surface area (Å²) in [4.78, 5) is 69.2. The molecule has 2 aromatic carbocycles. The minimum atomic E-state index is -1.40. The molecule has 218 valence electrons. The van der Waals surface area contributed by atoms with Gasteiger partial charge >= 0.3 is 6.09 Å².